The first kappa shape index (κ1) is 15.5. The maximum atomic E-state index is 12.6. The third kappa shape index (κ3) is 3.20. The molecule has 0 unspecified atom stereocenters. The lowest BCUT2D eigenvalue weighted by atomic mass is 10.1. The molecule has 120 valence electrons. The number of carboxylic acid groups (broad SMARTS) is 1. The van der Waals surface area contributed by atoms with Gasteiger partial charge in [0, 0.05) is 17.1 Å². The molecule has 0 bridgehead atoms. The highest BCUT2D eigenvalue weighted by Gasteiger charge is 2.31. The number of hydrogen-bond donors (Lipinski definition) is 1. The summed E-state index contributed by atoms with van der Waals surface area (Å²) >= 11 is 5.85. The molecule has 1 atom stereocenters. The van der Waals surface area contributed by atoms with Crippen LogP contribution in [0.4, 0.5) is 0 Å². The molecule has 0 spiro atoms. The molecule has 3 rings (SSSR count). The minimum Gasteiger partial charge on any atom is -0.479 e. The van der Waals surface area contributed by atoms with E-state index in [1.165, 1.54) is 11.2 Å². The molecule has 1 aromatic carbocycles. The van der Waals surface area contributed by atoms with Gasteiger partial charge < -0.3 is 19.3 Å². The van der Waals surface area contributed by atoms with Crippen LogP contribution in [-0.2, 0) is 9.53 Å². The summed E-state index contributed by atoms with van der Waals surface area (Å²) < 4.78 is 10.1. The van der Waals surface area contributed by atoms with Crippen molar-refractivity contribution in [2.24, 2.45) is 0 Å². The largest absolute Gasteiger partial charge is 0.479 e. The fourth-order valence-electron chi connectivity index (χ4n) is 2.36. The Morgan fingerprint density at radius 3 is 2.74 bits per heavy atom. The van der Waals surface area contributed by atoms with Gasteiger partial charge in [0.2, 0.25) is 0 Å². The topological polar surface area (TPSA) is 92.9 Å². The maximum Gasteiger partial charge on any atom is 0.334 e. The molecule has 1 fully saturated rings. The zero-order valence-corrected chi connectivity index (χ0v) is 12.7. The van der Waals surface area contributed by atoms with Gasteiger partial charge in [-0.05, 0) is 12.1 Å². The summed E-state index contributed by atoms with van der Waals surface area (Å²) in [6.45, 7) is 0.470. The summed E-state index contributed by atoms with van der Waals surface area (Å²) in [6.07, 6.45) is 0.240. The summed E-state index contributed by atoms with van der Waals surface area (Å²) in [5, 5.41) is 13.5. The van der Waals surface area contributed by atoms with Crippen LogP contribution in [0.25, 0.3) is 11.3 Å². The molecule has 2 aromatic rings. The molecule has 1 aliphatic rings. The Labute approximate surface area is 136 Å². The van der Waals surface area contributed by atoms with Gasteiger partial charge in [-0.2, -0.15) is 0 Å². The first-order valence-corrected chi connectivity index (χ1v) is 7.28. The van der Waals surface area contributed by atoms with E-state index in [2.05, 4.69) is 5.16 Å². The van der Waals surface area contributed by atoms with Crippen molar-refractivity contribution >= 4 is 23.5 Å². The summed E-state index contributed by atoms with van der Waals surface area (Å²) in [4.78, 5) is 25.1. The Morgan fingerprint density at radius 1 is 1.30 bits per heavy atom. The molecule has 23 heavy (non-hydrogen) atoms. The first-order chi connectivity index (χ1) is 11.1. The summed E-state index contributed by atoms with van der Waals surface area (Å²) in [5.74, 6) is -1.43. The molecule has 0 aliphatic carbocycles. The van der Waals surface area contributed by atoms with Crippen molar-refractivity contribution < 1.29 is 24.0 Å². The number of morpholine rings is 1. The predicted octanol–water partition coefficient (Wildman–Crippen LogP) is 1.92. The van der Waals surface area contributed by atoms with Gasteiger partial charge in [-0.25, -0.2) is 4.79 Å². The molecule has 0 saturated carbocycles. The van der Waals surface area contributed by atoms with Gasteiger partial charge in [-0.3, -0.25) is 4.79 Å². The zero-order chi connectivity index (χ0) is 16.4. The number of benzene rings is 1. The number of hydrogen-bond acceptors (Lipinski definition) is 5. The van der Waals surface area contributed by atoms with Crippen molar-refractivity contribution in [3.05, 3.63) is 41.1 Å². The molecule has 0 radical (unpaired) electrons. The first-order valence-electron chi connectivity index (χ1n) is 6.90. The standard InChI is InChI=1S/C15H13ClN2O5/c16-10-3-1-9(2-4-10)13-11(8-23-17-13)14(19)18-5-6-22-12(7-18)15(20)21/h1-4,8,12H,5-7H2,(H,20,21)/t12-/m1/s1. The molecule has 1 saturated heterocycles. The van der Waals surface area contributed by atoms with Crippen LogP contribution in [0.3, 0.4) is 0 Å². The van der Waals surface area contributed by atoms with Gasteiger partial charge in [0.25, 0.3) is 5.91 Å². The molecule has 1 aromatic heterocycles. The Balaban J connectivity index is 1.85. The lowest BCUT2D eigenvalue weighted by Crippen LogP contribution is -2.48. The summed E-state index contributed by atoms with van der Waals surface area (Å²) in [6, 6.07) is 6.84. The van der Waals surface area contributed by atoms with Gasteiger partial charge in [-0.1, -0.05) is 28.9 Å². The number of aromatic nitrogens is 1. The van der Waals surface area contributed by atoms with Crippen molar-refractivity contribution in [3.8, 4) is 11.3 Å². The smallest absolute Gasteiger partial charge is 0.334 e. The van der Waals surface area contributed by atoms with E-state index < -0.39 is 12.1 Å². The highest BCUT2D eigenvalue weighted by Crippen LogP contribution is 2.25. The van der Waals surface area contributed by atoms with Crippen LogP contribution in [0.5, 0.6) is 0 Å². The number of nitrogens with zero attached hydrogens (tertiary/aromatic N) is 2. The highest BCUT2D eigenvalue weighted by atomic mass is 35.5. The third-order valence-electron chi connectivity index (χ3n) is 3.55. The van der Waals surface area contributed by atoms with Crippen LogP contribution < -0.4 is 0 Å². The van der Waals surface area contributed by atoms with Crippen LogP contribution in [0.2, 0.25) is 5.02 Å². The number of carboxylic acids is 1. The minimum absolute atomic E-state index is 0.0145. The maximum absolute atomic E-state index is 12.6. The number of rotatable bonds is 3. The fourth-order valence-corrected chi connectivity index (χ4v) is 2.48. The van der Waals surface area contributed by atoms with E-state index in [1.807, 2.05) is 0 Å². The Hall–Kier alpha value is -2.38. The quantitative estimate of drug-likeness (QED) is 0.920. The summed E-state index contributed by atoms with van der Waals surface area (Å²) in [7, 11) is 0. The van der Waals surface area contributed by atoms with E-state index in [0.717, 1.165) is 0 Å². The molecule has 7 nitrogen and oxygen atoms in total. The van der Waals surface area contributed by atoms with Crippen LogP contribution in [0.15, 0.2) is 35.1 Å². The van der Waals surface area contributed by atoms with Crippen LogP contribution in [-0.4, -0.2) is 52.8 Å². The van der Waals surface area contributed by atoms with Crippen molar-refractivity contribution in [1.29, 1.82) is 0 Å². The van der Waals surface area contributed by atoms with E-state index in [4.69, 9.17) is 26.0 Å². The van der Waals surface area contributed by atoms with Gasteiger partial charge in [0.1, 0.15) is 17.5 Å². The van der Waals surface area contributed by atoms with E-state index in [9.17, 15) is 9.59 Å². The molecule has 1 N–H and O–H groups in total. The molecule has 1 amide bonds. The highest BCUT2D eigenvalue weighted by molar-refractivity contribution is 6.30. The van der Waals surface area contributed by atoms with Crippen LogP contribution in [0.1, 0.15) is 10.4 Å². The second-order valence-electron chi connectivity index (χ2n) is 5.03. The van der Waals surface area contributed by atoms with E-state index in [-0.39, 0.29) is 24.6 Å². The SMILES string of the molecule is O=C(O)[C@H]1CN(C(=O)c2conc2-c2ccc(Cl)cc2)CCO1. The fraction of sp³-hybridized carbons (Fsp3) is 0.267. The normalized spacial score (nSPS) is 18.0. The van der Waals surface area contributed by atoms with Gasteiger partial charge in [0.05, 0.1) is 13.2 Å². The Morgan fingerprint density at radius 2 is 2.04 bits per heavy atom. The molecular weight excluding hydrogens is 324 g/mol. The van der Waals surface area contributed by atoms with E-state index in [1.54, 1.807) is 24.3 Å². The van der Waals surface area contributed by atoms with Gasteiger partial charge >= 0.3 is 5.97 Å². The number of carbonyl (C=O) groups excluding carboxylic acids is 1. The van der Waals surface area contributed by atoms with Gasteiger partial charge in [0.15, 0.2) is 6.10 Å². The Bertz CT molecular complexity index is 728. The molecule has 2 heterocycles. The zero-order valence-electron chi connectivity index (χ0n) is 11.9. The molecule has 1 aliphatic heterocycles. The third-order valence-corrected chi connectivity index (χ3v) is 3.80. The average molecular weight is 337 g/mol. The monoisotopic (exact) mass is 336 g/mol. The molecular formula is C15H13ClN2O5. The second kappa shape index (κ2) is 6.39. The van der Waals surface area contributed by atoms with Crippen LogP contribution in [0, 0.1) is 0 Å². The number of amides is 1. The number of carbonyl (C=O) groups is 2. The van der Waals surface area contributed by atoms with Crippen LogP contribution >= 0.6 is 11.6 Å². The predicted molar refractivity (Wildman–Crippen MR) is 80.2 cm³/mol. The van der Waals surface area contributed by atoms with Crippen molar-refractivity contribution in [3.63, 3.8) is 0 Å². The van der Waals surface area contributed by atoms with Crippen molar-refractivity contribution in [2.75, 3.05) is 19.7 Å². The Kier molecular flexibility index (Phi) is 4.31. The molecule has 8 heteroatoms. The minimum atomic E-state index is -1.09. The lowest BCUT2D eigenvalue weighted by molar-refractivity contribution is -0.154. The van der Waals surface area contributed by atoms with E-state index in [0.29, 0.717) is 22.8 Å². The average Bonchev–Trinajstić information content (AvgIpc) is 3.04. The number of halogens is 1. The van der Waals surface area contributed by atoms with Crippen molar-refractivity contribution in [1.82, 2.24) is 10.1 Å². The van der Waals surface area contributed by atoms with Crippen molar-refractivity contribution in [2.45, 2.75) is 6.10 Å². The van der Waals surface area contributed by atoms with E-state index >= 15 is 0 Å². The lowest BCUT2D eigenvalue weighted by Gasteiger charge is -2.30. The number of aliphatic carboxylic acids is 1. The second-order valence-corrected chi connectivity index (χ2v) is 5.47. The number of ether oxygens (including phenoxy) is 1. The van der Waals surface area contributed by atoms with Gasteiger partial charge in [-0.15, -0.1) is 0 Å². The summed E-state index contributed by atoms with van der Waals surface area (Å²) in [5.41, 5.74) is 1.36.